The van der Waals surface area contributed by atoms with Crippen molar-refractivity contribution in [3.8, 4) is 0 Å². The zero-order valence-corrected chi connectivity index (χ0v) is 10.8. The van der Waals surface area contributed by atoms with Crippen LogP contribution in [0.1, 0.15) is 18.4 Å². The van der Waals surface area contributed by atoms with Gasteiger partial charge in [0.05, 0.1) is 4.92 Å². The summed E-state index contributed by atoms with van der Waals surface area (Å²) in [6.07, 6.45) is 2.33. The van der Waals surface area contributed by atoms with E-state index in [1.54, 1.807) is 12.1 Å². The molecule has 1 N–H and O–H groups in total. The zero-order valence-electron chi connectivity index (χ0n) is 10.8. The maximum atomic E-state index is 11.1. The molecule has 18 heavy (non-hydrogen) atoms. The number of anilines is 1. The lowest BCUT2D eigenvalue weighted by molar-refractivity contribution is -0.384. The van der Waals surface area contributed by atoms with E-state index >= 15 is 0 Å². The molecule has 1 aromatic carbocycles. The smallest absolute Gasteiger partial charge is 0.292 e. The molecular formula is C13H19N3O2. The molecule has 0 aliphatic carbocycles. The average molecular weight is 249 g/mol. The number of hydrogen-bond donors (Lipinski definition) is 1. The lowest BCUT2D eigenvalue weighted by Gasteiger charge is -2.24. The lowest BCUT2D eigenvalue weighted by atomic mass is 10.1. The van der Waals surface area contributed by atoms with Gasteiger partial charge in [-0.2, -0.15) is 0 Å². The van der Waals surface area contributed by atoms with Gasteiger partial charge in [0, 0.05) is 25.7 Å². The fourth-order valence-corrected chi connectivity index (χ4v) is 2.62. The molecule has 98 valence electrons. The summed E-state index contributed by atoms with van der Waals surface area (Å²) < 4.78 is 0. The van der Waals surface area contributed by atoms with Crippen LogP contribution < -0.4 is 10.2 Å². The number of nitro benzene ring substituents is 1. The molecule has 0 saturated carbocycles. The Hall–Kier alpha value is -1.62. The Morgan fingerprint density at radius 1 is 1.56 bits per heavy atom. The number of nitro groups is 1. The van der Waals surface area contributed by atoms with E-state index in [2.05, 4.69) is 5.32 Å². The summed E-state index contributed by atoms with van der Waals surface area (Å²) in [6.45, 7) is 3.78. The van der Waals surface area contributed by atoms with E-state index < -0.39 is 0 Å². The number of benzene rings is 1. The SMILES string of the molecule is Cc1cccc([N+](=O)[O-])c1N(C)CC1CCCN1. The highest BCUT2D eigenvalue weighted by atomic mass is 16.6. The normalized spacial score (nSPS) is 18.9. The highest BCUT2D eigenvalue weighted by molar-refractivity contribution is 5.67. The minimum atomic E-state index is -0.305. The zero-order chi connectivity index (χ0) is 13.1. The monoisotopic (exact) mass is 249 g/mol. The molecule has 1 heterocycles. The third-order valence-corrected chi connectivity index (χ3v) is 3.45. The molecule has 0 spiro atoms. The molecule has 1 aromatic rings. The van der Waals surface area contributed by atoms with Crippen molar-refractivity contribution in [3.63, 3.8) is 0 Å². The van der Waals surface area contributed by atoms with Gasteiger partial charge < -0.3 is 10.2 Å². The van der Waals surface area contributed by atoms with E-state index in [1.165, 1.54) is 6.42 Å². The van der Waals surface area contributed by atoms with E-state index in [0.29, 0.717) is 6.04 Å². The number of hydrogen-bond acceptors (Lipinski definition) is 4. The first-order valence-electron chi connectivity index (χ1n) is 6.28. The predicted molar refractivity (Wildman–Crippen MR) is 72.1 cm³/mol. The molecule has 1 aliphatic heterocycles. The molecular weight excluding hydrogens is 230 g/mol. The van der Waals surface area contributed by atoms with Gasteiger partial charge in [-0.15, -0.1) is 0 Å². The van der Waals surface area contributed by atoms with Crippen LogP contribution in [0.2, 0.25) is 0 Å². The number of nitrogens with zero attached hydrogens (tertiary/aromatic N) is 2. The third kappa shape index (κ3) is 2.61. The highest BCUT2D eigenvalue weighted by Crippen LogP contribution is 2.31. The molecule has 1 atom stereocenters. The lowest BCUT2D eigenvalue weighted by Crippen LogP contribution is -2.35. The Bertz CT molecular complexity index is 442. The van der Waals surface area contributed by atoms with Gasteiger partial charge in [-0.05, 0) is 31.9 Å². The van der Waals surface area contributed by atoms with Crippen LogP contribution >= 0.6 is 0 Å². The second-order valence-electron chi connectivity index (χ2n) is 4.87. The van der Waals surface area contributed by atoms with E-state index in [1.807, 2.05) is 24.9 Å². The molecule has 5 nitrogen and oxygen atoms in total. The van der Waals surface area contributed by atoms with E-state index in [4.69, 9.17) is 0 Å². The van der Waals surface area contributed by atoms with Crippen LogP contribution in [0.25, 0.3) is 0 Å². The summed E-state index contributed by atoms with van der Waals surface area (Å²) in [5.41, 5.74) is 1.87. The highest BCUT2D eigenvalue weighted by Gasteiger charge is 2.22. The summed E-state index contributed by atoms with van der Waals surface area (Å²) in [6, 6.07) is 5.66. The number of likely N-dealkylation sites (N-methyl/N-ethyl adjacent to an activating group) is 1. The first-order valence-corrected chi connectivity index (χ1v) is 6.28. The van der Waals surface area contributed by atoms with Crippen molar-refractivity contribution < 1.29 is 4.92 Å². The summed E-state index contributed by atoms with van der Waals surface area (Å²) in [7, 11) is 1.93. The Morgan fingerprint density at radius 2 is 2.33 bits per heavy atom. The van der Waals surface area contributed by atoms with Gasteiger partial charge in [-0.1, -0.05) is 12.1 Å². The van der Waals surface area contributed by atoms with Crippen molar-refractivity contribution in [2.24, 2.45) is 0 Å². The molecule has 1 aliphatic rings. The third-order valence-electron chi connectivity index (χ3n) is 3.45. The topological polar surface area (TPSA) is 58.4 Å². The van der Waals surface area contributed by atoms with Gasteiger partial charge in [0.25, 0.3) is 5.69 Å². The number of aryl methyl sites for hydroxylation is 1. The van der Waals surface area contributed by atoms with Crippen molar-refractivity contribution in [1.29, 1.82) is 0 Å². The Labute approximate surface area is 107 Å². The molecule has 0 aromatic heterocycles. The fourth-order valence-electron chi connectivity index (χ4n) is 2.62. The van der Waals surface area contributed by atoms with Crippen LogP contribution in [-0.4, -0.2) is 31.1 Å². The van der Waals surface area contributed by atoms with Crippen molar-refractivity contribution in [2.45, 2.75) is 25.8 Å². The maximum absolute atomic E-state index is 11.1. The van der Waals surface area contributed by atoms with Gasteiger partial charge in [0.1, 0.15) is 5.69 Å². The van der Waals surface area contributed by atoms with Gasteiger partial charge in [0.15, 0.2) is 0 Å². The molecule has 1 fully saturated rings. The Morgan fingerprint density at radius 3 is 2.94 bits per heavy atom. The standard InChI is InChI=1S/C13H19N3O2/c1-10-5-3-7-12(16(17)18)13(10)15(2)9-11-6-4-8-14-11/h3,5,7,11,14H,4,6,8-9H2,1-2H3. The molecule has 1 unspecified atom stereocenters. The van der Waals surface area contributed by atoms with Crippen LogP contribution in [0.5, 0.6) is 0 Å². The minimum Gasteiger partial charge on any atom is -0.367 e. The Balaban J connectivity index is 2.22. The first-order chi connectivity index (χ1) is 8.59. The summed E-state index contributed by atoms with van der Waals surface area (Å²) in [4.78, 5) is 12.8. The van der Waals surface area contributed by atoms with Gasteiger partial charge in [-0.3, -0.25) is 10.1 Å². The van der Waals surface area contributed by atoms with Crippen LogP contribution in [0, 0.1) is 17.0 Å². The van der Waals surface area contributed by atoms with Gasteiger partial charge >= 0.3 is 0 Å². The predicted octanol–water partition coefficient (Wildman–Crippen LogP) is 2.09. The number of para-hydroxylation sites is 1. The first kappa shape index (κ1) is 12.8. The van der Waals surface area contributed by atoms with Crippen LogP contribution in [0.4, 0.5) is 11.4 Å². The van der Waals surface area contributed by atoms with Crippen LogP contribution in [-0.2, 0) is 0 Å². The van der Waals surface area contributed by atoms with Gasteiger partial charge in [0.2, 0.25) is 0 Å². The fraction of sp³-hybridized carbons (Fsp3) is 0.538. The summed E-state index contributed by atoms with van der Waals surface area (Å²) >= 11 is 0. The molecule has 0 amide bonds. The second-order valence-corrected chi connectivity index (χ2v) is 4.87. The second kappa shape index (κ2) is 5.35. The van der Waals surface area contributed by atoms with Crippen molar-refractivity contribution in [3.05, 3.63) is 33.9 Å². The largest absolute Gasteiger partial charge is 0.367 e. The van der Waals surface area contributed by atoms with E-state index in [-0.39, 0.29) is 10.6 Å². The number of rotatable bonds is 4. The summed E-state index contributed by atoms with van der Waals surface area (Å²) in [5.74, 6) is 0. The Kier molecular flexibility index (Phi) is 3.81. The molecule has 2 rings (SSSR count). The van der Waals surface area contributed by atoms with E-state index in [0.717, 1.165) is 30.8 Å². The molecule has 0 bridgehead atoms. The van der Waals surface area contributed by atoms with Crippen LogP contribution in [0.15, 0.2) is 18.2 Å². The average Bonchev–Trinajstić information content (AvgIpc) is 2.81. The van der Waals surface area contributed by atoms with Crippen molar-refractivity contribution in [1.82, 2.24) is 5.32 Å². The van der Waals surface area contributed by atoms with Crippen molar-refractivity contribution >= 4 is 11.4 Å². The maximum Gasteiger partial charge on any atom is 0.292 e. The molecule has 0 radical (unpaired) electrons. The minimum absolute atomic E-state index is 0.190. The van der Waals surface area contributed by atoms with Crippen LogP contribution in [0.3, 0.4) is 0 Å². The summed E-state index contributed by atoms with van der Waals surface area (Å²) in [5, 5.41) is 14.5. The molecule has 1 saturated heterocycles. The number of nitrogens with one attached hydrogen (secondary N) is 1. The van der Waals surface area contributed by atoms with Gasteiger partial charge in [-0.25, -0.2) is 0 Å². The van der Waals surface area contributed by atoms with E-state index in [9.17, 15) is 10.1 Å². The quantitative estimate of drug-likeness (QED) is 0.655. The van der Waals surface area contributed by atoms with Crippen molar-refractivity contribution in [2.75, 3.05) is 25.0 Å². The molecule has 5 heteroatoms.